The Morgan fingerprint density at radius 2 is 2.17 bits per heavy atom. The minimum absolute atomic E-state index is 0.112. The lowest BCUT2D eigenvalue weighted by molar-refractivity contribution is 0.0582. The summed E-state index contributed by atoms with van der Waals surface area (Å²) in [7, 11) is 3.60. The van der Waals surface area contributed by atoms with E-state index in [1.165, 1.54) is 0 Å². The van der Waals surface area contributed by atoms with E-state index >= 15 is 0 Å². The van der Waals surface area contributed by atoms with E-state index in [9.17, 15) is 0 Å². The van der Waals surface area contributed by atoms with Gasteiger partial charge in [-0.25, -0.2) is 0 Å². The van der Waals surface area contributed by atoms with Gasteiger partial charge in [0, 0.05) is 13.2 Å². The third-order valence-corrected chi connectivity index (χ3v) is 3.28. The first-order valence-corrected chi connectivity index (χ1v) is 6.88. The van der Waals surface area contributed by atoms with Crippen LogP contribution in [0.3, 0.4) is 0 Å². The number of aromatic nitrogens is 2. The third kappa shape index (κ3) is 4.05. The Labute approximate surface area is 117 Å². The van der Waals surface area contributed by atoms with Gasteiger partial charge in [0.05, 0.1) is 42.2 Å². The van der Waals surface area contributed by atoms with Crippen LogP contribution in [0.4, 0.5) is 0 Å². The molecule has 0 bridgehead atoms. The molecule has 1 aromatic heterocycles. The van der Waals surface area contributed by atoms with Crippen LogP contribution in [0, 0.1) is 0 Å². The summed E-state index contributed by atoms with van der Waals surface area (Å²) in [6.07, 6.45) is 1.83. The van der Waals surface area contributed by atoms with Crippen molar-refractivity contribution in [3.63, 3.8) is 0 Å². The normalized spacial score (nSPS) is 13.2. The topological polar surface area (TPSA) is 48.3 Å². The van der Waals surface area contributed by atoms with Gasteiger partial charge in [-0.2, -0.15) is 5.10 Å². The molecule has 0 amide bonds. The summed E-state index contributed by atoms with van der Waals surface area (Å²) in [6.45, 7) is 6.03. The lowest BCUT2D eigenvalue weighted by atomic mass is 10.2. The highest BCUT2D eigenvalue weighted by Crippen LogP contribution is 2.25. The van der Waals surface area contributed by atoms with Crippen molar-refractivity contribution in [2.24, 2.45) is 0 Å². The van der Waals surface area contributed by atoms with Gasteiger partial charge in [-0.3, -0.25) is 4.68 Å². The van der Waals surface area contributed by atoms with Crippen molar-refractivity contribution >= 4 is 15.9 Å². The van der Waals surface area contributed by atoms with E-state index in [-0.39, 0.29) is 6.04 Å². The number of hydrogen-bond acceptors (Lipinski definition) is 4. The molecule has 1 heterocycles. The molecule has 1 unspecified atom stereocenters. The molecule has 0 spiro atoms. The standard InChI is InChI=1S/C12H22BrN3O2/c1-9(2)16-12(10(13)7-15-16)11(14-3)8-18-6-5-17-4/h7,9,11,14H,5-6,8H2,1-4H3. The fraction of sp³-hybridized carbons (Fsp3) is 0.750. The number of nitrogens with one attached hydrogen (secondary N) is 1. The lowest BCUT2D eigenvalue weighted by Gasteiger charge is -2.20. The maximum atomic E-state index is 5.59. The number of halogens is 1. The van der Waals surface area contributed by atoms with Crippen LogP contribution in [-0.2, 0) is 9.47 Å². The number of hydrogen-bond donors (Lipinski definition) is 1. The maximum Gasteiger partial charge on any atom is 0.0738 e. The molecule has 18 heavy (non-hydrogen) atoms. The largest absolute Gasteiger partial charge is 0.382 e. The smallest absolute Gasteiger partial charge is 0.0738 e. The van der Waals surface area contributed by atoms with E-state index in [1.54, 1.807) is 7.11 Å². The van der Waals surface area contributed by atoms with Crippen molar-refractivity contribution in [1.82, 2.24) is 15.1 Å². The molecule has 1 aromatic rings. The summed E-state index contributed by atoms with van der Waals surface area (Å²) in [4.78, 5) is 0. The molecular weight excluding hydrogens is 298 g/mol. The first-order chi connectivity index (χ1) is 8.61. The molecule has 0 aliphatic carbocycles. The minimum atomic E-state index is 0.112. The van der Waals surface area contributed by atoms with Gasteiger partial charge in [0.1, 0.15) is 0 Å². The van der Waals surface area contributed by atoms with Crippen LogP contribution in [0.1, 0.15) is 31.6 Å². The van der Waals surface area contributed by atoms with E-state index in [0.717, 1.165) is 10.2 Å². The summed E-state index contributed by atoms with van der Waals surface area (Å²) in [5.74, 6) is 0. The van der Waals surface area contributed by atoms with Gasteiger partial charge < -0.3 is 14.8 Å². The Hall–Kier alpha value is -0.430. The van der Waals surface area contributed by atoms with Crippen LogP contribution >= 0.6 is 15.9 Å². The molecule has 0 fully saturated rings. The van der Waals surface area contributed by atoms with Crippen LogP contribution in [-0.4, -0.2) is 43.8 Å². The summed E-state index contributed by atoms with van der Waals surface area (Å²) in [5.41, 5.74) is 1.12. The molecular formula is C12H22BrN3O2. The molecule has 0 saturated heterocycles. The summed E-state index contributed by atoms with van der Waals surface area (Å²) < 4.78 is 13.6. The molecule has 1 rings (SSSR count). The van der Waals surface area contributed by atoms with E-state index in [1.807, 2.05) is 17.9 Å². The Bertz CT molecular complexity index is 355. The summed E-state index contributed by atoms with van der Waals surface area (Å²) in [5, 5.41) is 7.64. The predicted molar refractivity (Wildman–Crippen MR) is 74.8 cm³/mol. The molecule has 0 radical (unpaired) electrons. The van der Waals surface area contributed by atoms with Crippen molar-refractivity contribution < 1.29 is 9.47 Å². The van der Waals surface area contributed by atoms with Crippen LogP contribution in [0.5, 0.6) is 0 Å². The monoisotopic (exact) mass is 319 g/mol. The first-order valence-electron chi connectivity index (χ1n) is 6.08. The van der Waals surface area contributed by atoms with Gasteiger partial charge in [-0.1, -0.05) is 0 Å². The molecule has 5 nitrogen and oxygen atoms in total. The lowest BCUT2D eigenvalue weighted by Crippen LogP contribution is -2.26. The van der Waals surface area contributed by atoms with Crippen molar-refractivity contribution in [3.8, 4) is 0 Å². The van der Waals surface area contributed by atoms with Gasteiger partial charge in [0.2, 0.25) is 0 Å². The second-order valence-corrected chi connectivity index (χ2v) is 5.18. The van der Waals surface area contributed by atoms with Crippen LogP contribution in [0.25, 0.3) is 0 Å². The summed E-state index contributed by atoms with van der Waals surface area (Å²) >= 11 is 3.55. The zero-order chi connectivity index (χ0) is 13.5. The highest BCUT2D eigenvalue weighted by atomic mass is 79.9. The number of rotatable bonds is 8. The van der Waals surface area contributed by atoms with Crippen LogP contribution in [0.15, 0.2) is 10.7 Å². The summed E-state index contributed by atoms with van der Waals surface area (Å²) in [6, 6.07) is 0.433. The number of ether oxygens (including phenoxy) is 2. The fourth-order valence-corrected chi connectivity index (χ4v) is 2.28. The van der Waals surface area contributed by atoms with E-state index < -0.39 is 0 Å². The van der Waals surface area contributed by atoms with Crippen LogP contribution < -0.4 is 5.32 Å². The van der Waals surface area contributed by atoms with E-state index in [4.69, 9.17) is 9.47 Å². The van der Waals surface area contributed by atoms with Crippen molar-refractivity contribution in [1.29, 1.82) is 0 Å². The van der Waals surface area contributed by atoms with E-state index in [2.05, 4.69) is 40.2 Å². The molecule has 0 saturated carbocycles. The molecule has 104 valence electrons. The van der Waals surface area contributed by atoms with Crippen LogP contribution in [0.2, 0.25) is 0 Å². The average molecular weight is 320 g/mol. The van der Waals surface area contributed by atoms with Gasteiger partial charge in [-0.15, -0.1) is 0 Å². The predicted octanol–water partition coefficient (Wildman–Crippen LogP) is 2.15. The molecule has 0 aliphatic heterocycles. The zero-order valence-electron chi connectivity index (χ0n) is 11.4. The molecule has 0 aliphatic rings. The van der Waals surface area contributed by atoms with Crippen molar-refractivity contribution in [3.05, 3.63) is 16.4 Å². The second kappa shape index (κ2) is 7.89. The number of likely N-dealkylation sites (N-methyl/N-ethyl adjacent to an activating group) is 1. The van der Waals surface area contributed by atoms with Crippen molar-refractivity contribution in [2.45, 2.75) is 25.9 Å². The third-order valence-electron chi connectivity index (χ3n) is 2.67. The average Bonchev–Trinajstić information content (AvgIpc) is 2.72. The van der Waals surface area contributed by atoms with Gasteiger partial charge >= 0.3 is 0 Å². The van der Waals surface area contributed by atoms with Gasteiger partial charge in [0.15, 0.2) is 0 Å². The molecule has 6 heteroatoms. The van der Waals surface area contributed by atoms with Gasteiger partial charge in [-0.05, 0) is 36.8 Å². The Morgan fingerprint density at radius 1 is 1.44 bits per heavy atom. The Balaban J connectivity index is 2.72. The molecule has 0 aromatic carbocycles. The number of nitrogens with zero attached hydrogens (tertiary/aromatic N) is 2. The van der Waals surface area contributed by atoms with E-state index in [0.29, 0.717) is 25.9 Å². The molecule has 1 atom stereocenters. The fourth-order valence-electron chi connectivity index (χ4n) is 1.73. The first kappa shape index (κ1) is 15.6. The van der Waals surface area contributed by atoms with Gasteiger partial charge in [0.25, 0.3) is 0 Å². The highest BCUT2D eigenvalue weighted by molar-refractivity contribution is 9.10. The van der Waals surface area contributed by atoms with Crippen molar-refractivity contribution in [2.75, 3.05) is 34.0 Å². The second-order valence-electron chi connectivity index (χ2n) is 4.33. The maximum absolute atomic E-state index is 5.59. The minimum Gasteiger partial charge on any atom is -0.382 e. The zero-order valence-corrected chi connectivity index (χ0v) is 13.0. The Kier molecular flexibility index (Phi) is 6.85. The Morgan fingerprint density at radius 3 is 2.72 bits per heavy atom. The SMILES string of the molecule is CNC(COCCOC)c1c(Br)cnn1C(C)C. The molecule has 1 N–H and O–H groups in total. The highest BCUT2D eigenvalue weighted by Gasteiger charge is 2.20. The quantitative estimate of drug-likeness (QED) is 0.746. The number of methoxy groups -OCH3 is 1.